The molecule has 0 aliphatic heterocycles. The van der Waals surface area contributed by atoms with E-state index in [-0.39, 0.29) is 11.2 Å². The van der Waals surface area contributed by atoms with Gasteiger partial charge in [-0.2, -0.15) is 0 Å². The van der Waals surface area contributed by atoms with Crippen LogP contribution < -0.4 is 9.47 Å². The van der Waals surface area contributed by atoms with Crippen LogP contribution in [0.1, 0.15) is 32.1 Å². The minimum Gasteiger partial charge on any atom is -0.507 e. The Hall–Kier alpha value is -1.84. The van der Waals surface area contributed by atoms with Gasteiger partial charge < -0.3 is 19.0 Å². The van der Waals surface area contributed by atoms with Gasteiger partial charge in [0.25, 0.3) is 0 Å². The molecule has 0 saturated carbocycles. The van der Waals surface area contributed by atoms with Crippen molar-refractivity contribution in [2.45, 2.75) is 33.1 Å². The lowest BCUT2D eigenvalue weighted by molar-refractivity contribution is 0.337. The normalized spacial score (nSPS) is 11.9. The van der Waals surface area contributed by atoms with Crippen molar-refractivity contribution in [2.75, 3.05) is 14.2 Å². The highest BCUT2D eigenvalue weighted by Gasteiger charge is 2.30. The van der Waals surface area contributed by atoms with Crippen LogP contribution in [-0.4, -0.2) is 19.3 Å². The Morgan fingerprint density at radius 3 is 2.16 bits per heavy atom. The molecule has 0 spiro atoms. The van der Waals surface area contributed by atoms with Crippen LogP contribution in [-0.2, 0) is 5.41 Å². The molecular formula is C15H20O4. The van der Waals surface area contributed by atoms with Crippen LogP contribution in [0.5, 0.6) is 17.2 Å². The Morgan fingerprint density at radius 1 is 1.11 bits per heavy atom. The number of rotatable bonds is 2. The molecule has 0 radical (unpaired) electrons. The smallest absolute Gasteiger partial charge is 0.205 e. The van der Waals surface area contributed by atoms with Crippen LogP contribution in [0.15, 0.2) is 10.5 Å². The van der Waals surface area contributed by atoms with E-state index in [1.54, 1.807) is 14.2 Å². The second-order valence-electron chi connectivity index (χ2n) is 5.64. The molecule has 0 saturated heterocycles. The zero-order valence-corrected chi connectivity index (χ0v) is 12.2. The van der Waals surface area contributed by atoms with E-state index in [0.717, 1.165) is 11.3 Å². The first-order valence-electron chi connectivity index (χ1n) is 6.18. The van der Waals surface area contributed by atoms with Gasteiger partial charge in [-0.25, -0.2) is 0 Å². The molecule has 1 N–H and O–H groups in total. The van der Waals surface area contributed by atoms with E-state index in [4.69, 9.17) is 13.9 Å². The molecule has 1 aromatic heterocycles. The summed E-state index contributed by atoms with van der Waals surface area (Å²) in [7, 11) is 3.13. The Bertz CT molecular complexity index is 617. The van der Waals surface area contributed by atoms with E-state index in [9.17, 15) is 5.11 Å². The topological polar surface area (TPSA) is 51.8 Å². The summed E-state index contributed by atoms with van der Waals surface area (Å²) >= 11 is 0. The Labute approximate surface area is 112 Å². The van der Waals surface area contributed by atoms with Crippen molar-refractivity contribution in [3.63, 3.8) is 0 Å². The summed E-state index contributed by atoms with van der Waals surface area (Å²) in [5, 5.41) is 11.2. The van der Waals surface area contributed by atoms with Crippen molar-refractivity contribution in [1.82, 2.24) is 0 Å². The fraction of sp³-hybridized carbons (Fsp3) is 0.467. The quantitative estimate of drug-likeness (QED) is 0.897. The lowest BCUT2D eigenvalue weighted by Crippen LogP contribution is -2.14. The third kappa shape index (κ3) is 2.01. The molecule has 0 aliphatic carbocycles. The van der Waals surface area contributed by atoms with Crippen LogP contribution in [0.2, 0.25) is 0 Å². The fourth-order valence-corrected chi connectivity index (χ4v) is 2.39. The number of methoxy groups -OCH3 is 2. The summed E-state index contributed by atoms with van der Waals surface area (Å²) in [6.07, 6.45) is 0. The second kappa shape index (κ2) is 4.37. The third-order valence-electron chi connectivity index (χ3n) is 3.14. The molecule has 104 valence electrons. The lowest BCUT2D eigenvalue weighted by Gasteiger charge is -2.24. The molecule has 1 aromatic carbocycles. The summed E-state index contributed by atoms with van der Waals surface area (Å²) in [6, 6.07) is 1.81. The number of aryl methyl sites for hydroxylation is 1. The molecular weight excluding hydrogens is 244 g/mol. The number of fused-ring (bicyclic) bond motifs is 1. The molecule has 0 amide bonds. The lowest BCUT2D eigenvalue weighted by atomic mass is 9.84. The molecule has 19 heavy (non-hydrogen) atoms. The number of ether oxygens (including phenoxy) is 2. The first-order chi connectivity index (χ1) is 8.81. The predicted molar refractivity (Wildman–Crippen MR) is 74.4 cm³/mol. The van der Waals surface area contributed by atoms with E-state index in [1.165, 1.54) is 0 Å². The van der Waals surface area contributed by atoms with Crippen LogP contribution >= 0.6 is 0 Å². The molecule has 2 rings (SSSR count). The summed E-state index contributed by atoms with van der Waals surface area (Å²) in [6.45, 7) is 7.89. The van der Waals surface area contributed by atoms with Gasteiger partial charge in [-0.05, 0) is 18.4 Å². The predicted octanol–water partition coefficient (Wildman–Crippen LogP) is 3.76. The first-order valence-corrected chi connectivity index (χ1v) is 6.18. The fourth-order valence-electron chi connectivity index (χ4n) is 2.39. The maximum atomic E-state index is 10.5. The number of hydrogen-bond donors (Lipinski definition) is 1. The van der Waals surface area contributed by atoms with Crippen molar-refractivity contribution in [1.29, 1.82) is 0 Å². The van der Waals surface area contributed by atoms with E-state index in [0.29, 0.717) is 22.5 Å². The molecule has 0 atom stereocenters. The zero-order valence-electron chi connectivity index (χ0n) is 12.2. The van der Waals surface area contributed by atoms with Crippen LogP contribution in [0, 0.1) is 6.92 Å². The SMILES string of the molecule is COc1c(C(C)(C)C)c(O)c2cc(C)oc2c1OC. The first kappa shape index (κ1) is 13.6. The van der Waals surface area contributed by atoms with E-state index < -0.39 is 0 Å². The highest BCUT2D eigenvalue weighted by Crippen LogP contribution is 2.50. The van der Waals surface area contributed by atoms with Gasteiger partial charge in [-0.15, -0.1) is 0 Å². The number of phenolic OH excluding ortho intramolecular Hbond substituents is 1. The molecule has 0 aliphatic rings. The summed E-state index contributed by atoms with van der Waals surface area (Å²) < 4.78 is 16.5. The minimum absolute atomic E-state index is 0.192. The van der Waals surface area contributed by atoms with Gasteiger partial charge in [-0.1, -0.05) is 20.8 Å². The largest absolute Gasteiger partial charge is 0.507 e. The Kier molecular flexibility index (Phi) is 3.12. The number of benzene rings is 1. The zero-order chi connectivity index (χ0) is 14.4. The average molecular weight is 264 g/mol. The van der Waals surface area contributed by atoms with Crippen LogP contribution in [0.25, 0.3) is 11.0 Å². The number of hydrogen-bond acceptors (Lipinski definition) is 4. The molecule has 0 unspecified atom stereocenters. The summed E-state index contributed by atoms with van der Waals surface area (Å²) in [4.78, 5) is 0. The molecule has 4 nitrogen and oxygen atoms in total. The van der Waals surface area contributed by atoms with E-state index >= 15 is 0 Å². The summed E-state index contributed by atoms with van der Waals surface area (Å²) in [5.74, 6) is 1.95. The van der Waals surface area contributed by atoms with Gasteiger partial charge in [0.2, 0.25) is 5.75 Å². The summed E-state index contributed by atoms with van der Waals surface area (Å²) in [5.41, 5.74) is 0.963. The average Bonchev–Trinajstić information content (AvgIpc) is 2.68. The van der Waals surface area contributed by atoms with Gasteiger partial charge in [0.1, 0.15) is 11.5 Å². The Balaban J connectivity index is 2.98. The molecule has 4 heteroatoms. The molecule has 0 fully saturated rings. The Morgan fingerprint density at radius 2 is 1.68 bits per heavy atom. The van der Waals surface area contributed by atoms with Gasteiger partial charge in [0.15, 0.2) is 11.3 Å². The molecule has 1 heterocycles. The van der Waals surface area contributed by atoms with Crippen molar-refractivity contribution < 1.29 is 19.0 Å². The highest BCUT2D eigenvalue weighted by atomic mass is 16.5. The highest BCUT2D eigenvalue weighted by molar-refractivity contribution is 5.94. The monoisotopic (exact) mass is 264 g/mol. The van der Waals surface area contributed by atoms with Gasteiger partial charge in [0.05, 0.1) is 19.6 Å². The van der Waals surface area contributed by atoms with Crippen LogP contribution in [0.3, 0.4) is 0 Å². The minimum atomic E-state index is -0.276. The third-order valence-corrected chi connectivity index (χ3v) is 3.14. The number of furan rings is 1. The van der Waals surface area contributed by atoms with Crippen molar-refractivity contribution >= 4 is 11.0 Å². The van der Waals surface area contributed by atoms with Crippen LogP contribution in [0.4, 0.5) is 0 Å². The maximum Gasteiger partial charge on any atom is 0.205 e. The van der Waals surface area contributed by atoms with Gasteiger partial charge in [0, 0.05) is 5.56 Å². The number of aromatic hydroxyl groups is 1. The van der Waals surface area contributed by atoms with E-state index in [2.05, 4.69) is 0 Å². The molecule has 0 bridgehead atoms. The van der Waals surface area contributed by atoms with Crippen molar-refractivity contribution in [3.8, 4) is 17.2 Å². The standard InChI is InChI=1S/C15H20O4/c1-8-7-9-11(16)10(15(2,3)4)13(17-5)14(18-6)12(9)19-8/h7,16H,1-6H3. The van der Waals surface area contributed by atoms with Crippen molar-refractivity contribution in [3.05, 3.63) is 17.4 Å². The number of phenols is 1. The van der Waals surface area contributed by atoms with Gasteiger partial charge in [-0.3, -0.25) is 0 Å². The molecule has 2 aromatic rings. The van der Waals surface area contributed by atoms with E-state index in [1.807, 2.05) is 33.8 Å². The van der Waals surface area contributed by atoms with Gasteiger partial charge >= 0.3 is 0 Å². The maximum absolute atomic E-state index is 10.5. The van der Waals surface area contributed by atoms with Crippen molar-refractivity contribution in [2.24, 2.45) is 0 Å². The second-order valence-corrected chi connectivity index (χ2v) is 5.64.